The van der Waals surface area contributed by atoms with Gasteiger partial charge in [0.05, 0.1) is 6.10 Å². The maximum Gasteiger partial charge on any atom is 0.0702 e. The number of ether oxygens (including phenoxy) is 1. The fourth-order valence-electron chi connectivity index (χ4n) is 2.45. The standard InChI is InChI=1S/C13H28N2O/c1-4-14-9-12(3)10-15-8-6-7-13(11-15)16-5-2/h12-14H,4-11H2,1-3H3. The number of rotatable bonds is 7. The van der Waals surface area contributed by atoms with Crippen molar-refractivity contribution in [3.8, 4) is 0 Å². The first-order valence-corrected chi connectivity index (χ1v) is 6.80. The van der Waals surface area contributed by atoms with Crippen LogP contribution >= 0.6 is 0 Å². The lowest BCUT2D eigenvalue weighted by atomic mass is 10.1. The van der Waals surface area contributed by atoms with Gasteiger partial charge in [-0.05, 0) is 45.3 Å². The summed E-state index contributed by atoms with van der Waals surface area (Å²) < 4.78 is 5.72. The molecule has 1 aliphatic heterocycles. The molecule has 16 heavy (non-hydrogen) atoms. The van der Waals surface area contributed by atoms with Crippen LogP contribution in [0.2, 0.25) is 0 Å². The molecule has 0 amide bonds. The highest BCUT2D eigenvalue weighted by Gasteiger charge is 2.20. The van der Waals surface area contributed by atoms with Gasteiger partial charge >= 0.3 is 0 Å². The summed E-state index contributed by atoms with van der Waals surface area (Å²) in [6.45, 7) is 13.2. The van der Waals surface area contributed by atoms with E-state index in [1.165, 1.54) is 25.9 Å². The molecule has 1 saturated heterocycles. The number of likely N-dealkylation sites (tertiary alicyclic amines) is 1. The van der Waals surface area contributed by atoms with E-state index in [2.05, 4.69) is 31.0 Å². The summed E-state index contributed by atoms with van der Waals surface area (Å²) >= 11 is 0. The van der Waals surface area contributed by atoms with Crippen LogP contribution in [0.15, 0.2) is 0 Å². The van der Waals surface area contributed by atoms with E-state index in [1.807, 2.05) is 0 Å². The fourth-order valence-corrected chi connectivity index (χ4v) is 2.45. The van der Waals surface area contributed by atoms with Gasteiger partial charge in [0, 0.05) is 19.7 Å². The smallest absolute Gasteiger partial charge is 0.0702 e. The Hall–Kier alpha value is -0.120. The van der Waals surface area contributed by atoms with Crippen LogP contribution in [-0.2, 0) is 4.74 Å². The molecule has 3 nitrogen and oxygen atoms in total. The molecule has 1 fully saturated rings. The summed E-state index contributed by atoms with van der Waals surface area (Å²) in [7, 11) is 0. The summed E-state index contributed by atoms with van der Waals surface area (Å²) in [6, 6.07) is 0. The SMILES string of the molecule is CCNCC(C)CN1CCCC(OCC)C1. The van der Waals surface area contributed by atoms with E-state index in [9.17, 15) is 0 Å². The highest BCUT2D eigenvalue weighted by atomic mass is 16.5. The van der Waals surface area contributed by atoms with Crippen LogP contribution in [0.5, 0.6) is 0 Å². The van der Waals surface area contributed by atoms with Crippen LogP contribution in [0.4, 0.5) is 0 Å². The Kier molecular flexibility index (Phi) is 7.01. The first-order chi connectivity index (χ1) is 7.76. The number of piperidine rings is 1. The van der Waals surface area contributed by atoms with E-state index in [0.717, 1.165) is 32.2 Å². The van der Waals surface area contributed by atoms with E-state index >= 15 is 0 Å². The Balaban J connectivity index is 2.20. The maximum atomic E-state index is 5.72. The van der Waals surface area contributed by atoms with Gasteiger partial charge in [-0.15, -0.1) is 0 Å². The number of nitrogens with one attached hydrogen (secondary N) is 1. The molecule has 0 spiro atoms. The Morgan fingerprint density at radius 3 is 2.94 bits per heavy atom. The zero-order valence-corrected chi connectivity index (χ0v) is 11.2. The van der Waals surface area contributed by atoms with Gasteiger partial charge < -0.3 is 15.0 Å². The van der Waals surface area contributed by atoms with Crippen LogP contribution in [0.25, 0.3) is 0 Å². The Morgan fingerprint density at radius 2 is 2.25 bits per heavy atom. The lowest BCUT2D eigenvalue weighted by Gasteiger charge is -2.34. The third-order valence-electron chi connectivity index (χ3n) is 3.18. The summed E-state index contributed by atoms with van der Waals surface area (Å²) in [5.41, 5.74) is 0. The quantitative estimate of drug-likeness (QED) is 0.718. The molecule has 1 rings (SSSR count). The van der Waals surface area contributed by atoms with Crippen molar-refractivity contribution in [3.63, 3.8) is 0 Å². The van der Waals surface area contributed by atoms with Crippen molar-refractivity contribution >= 4 is 0 Å². The third kappa shape index (κ3) is 5.28. The molecule has 1 N–H and O–H groups in total. The van der Waals surface area contributed by atoms with Crippen molar-refractivity contribution < 1.29 is 4.74 Å². The summed E-state index contributed by atoms with van der Waals surface area (Å²) in [5.74, 6) is 0.736. The monoisotopic (exact) mass is 228 g/mol. The minimum atomic E-state index is 0.477. The van der Waals surface area contributed by atoms with Gasteiger partial charge in [0.1, 0.15) is 0 Å². The van der Waals surface area contributed by atoms with E-state index in [0.29, 0.717) is 6.10 Å². The predicted octanol–water partition coefficient (Wildman–Crippen LogP) is 1.73. The van der Waals surface area contributed by atoms with Crippen molar-refractivity contribution in [2.24, 2.45) is 5.92 Å². The minimum absolute atomic E-state index is 0.477. The van der Waals surface area contributed by atoms with Crippen molar-refractivity contribution in [3.05, 3.63) is 0 Å². The van der Waals surface area contributed by atoms with Crippen LogP contribution < -0.4 is 5.32 Å². The molecule has 1 aliphatic rings. The van der Waals surface area contributed by atoms with Gasteiger partial charge in [-0.1, -0.05) is 13.8 Å². The zero-order valence-electron chi connectivity index (χ0n) is 11.2. The Bertz CT molecular complexity index is 173. The molecular weight excluding hydrogens is 200 g/mol. The van der Waals surface area contributed by atoms with Gasteiger partial charge in [0.25, 0.3) is 0 Å². The molecule has 0 aromatic heterocycles. The maximum absolute atomic E-state index is 5.72. The van der Waals surface area contributed by atoms with Crippen LogP contribution in [0.1, 0.15) is 33.6 Å². The molecule has 0 radical (unpaired) electrons. The van der Waals surface area contributed by atoms with Gasteiger partial charge in [0.2, 0.25) is 0 Å². The second kappa shape index (κ2) is 8.04. The van der Waals surface area contributed by atoms with Gasteiger partial charge in [-0.3, -0.25) is 0 Å². The summed E-state index contributed by atoms with van der Waals surface area (Å²) in [6.07, 6.45) is 3.01. The zero-order chi connectivity index (χ0) is 11.8. The molecule has 2 atom stereocenters. The molecule has 0 aromatic carbocycles. The summed E-state index contributed by atoms with van der Waals surface area (Å²) in [4.78, 5) is 2.56. The first kappa shape index (κ1) is 13.9. The molecule has 0 aromatic rings. The van der Waals surface area contributed by atoms with Crippen molar-refractivity contribution in [2.45, 2.75) is 39.7 Å². The lowest BCUT2D eigenvalue weighted by Crippen LogP contribution is -2.43. The molecular formula is C13H28N2O. The van der Waals surface area contributed by atoms with Crippen molar-refractivity contribution in [1.29, 1.82) is 0 Å². The second-order valence-electron chi connectivity index (χ2n) is 4.89. The third-order valence-corrected chi connectivity index (χ3v) is 3.18. The molecule has 0 saturated carbocycles. The van der Waals surface area contributed by atoms with Gasteiger partial charge in [-0.2, -0.15) is 0 Å². The van der Waals surface area contributed by atoms with Gasteiger partial charge in [0.15, 0.2) is 0 Å². The van der Waals surface area contributed by atoms with E-state index in [-0.39, 0.29) is 0 Å². The topological polar surface area (TPSA) is 24.5 Å². The average Bonchev–Trinajstić information content (AvgIpc) is 2.27. The fraction of sp³-hybridized carbons (Fsp3) is 1.00. The molecule has 3 heteroatoms. The van der Waals surface area contributed by atoms with Gasteiger partial charge in [-0.25, -0.2) is 0 Å². The lowest BCUT2D eigenvalue weighted by molar-refractivity contribution is 0.00253. The summed E-state index contributed by atoms with van der Waals surface area (Å²) in [5, 5.41) is 3.42. The highest BCUT2D eigenvalue weighted by molar-refractivity contribution is 4.75. The average molecular weight is 228 g/mol. The van der Waals surface area contributed by atoms with Crippen molar-refractivity contribution in [1.82, 2.24) is 10.2 Å². The first-order valence-electron chi connectivity index (χ1n) is 6.80. The largest absolute Gasteiger partial charge is 0.377 e. The molecule has 0 bridgehead atoms. The molecule has 1 heterocycles. The van der Waals surface area contributed by atoms with E-state index in [1.54, 1.807) is 0 Å². The van der Waals surface area contributed by atoms with Crippen molar-refractivity contribution in [2.75, 3.05) is 39.3 Å². The number of hydrogen-bond donors (Lipinski definition) is 1. The van der Waals surface area contributed by atoms with Crippen LogP contribution in [0.3, 0.4) is 0 Å². The molecule has 0 aliphatic carbocycles. The predicted molar refractivity (Wildman–Crippen MR) is 68.8 cm³/mol. The Morgan fingerprint density at radius 1 is 1.44 bits per heavy atom. The molecule has 96 valence electrons. The normalized spacial score (nSPS) is 24.6. The number of nitrogens with zero attached hydrogens (tertiary/aromatic N) is 1. The van der Waals surface area contributed by atoms with E-state index in [4.69, 9.17) is 4.74 Å². The minimum Gasteiger partial charge on any atom is -0.377 e. The van der Waals surface area contributed by atoms with Crippen LogP contribution in [0, 0.1) is 5.92 Å². The van der Waals surface area contributed by atoms with Crippen LogP contribution in [-0.4, -0.2) is 50.3 Å². The number of hydrogen-bond acceptors (Lipinski definition) is 3. The molecule has 2 unspecified atom stereocenters. The van der Waals surface area contributed by atoms with E-state index < -0.39 is 0 Å². The second-order valence-corrected chi connectivity index (χ2v) is 4.89. The highest BCUT2D eigenvalue weighted by Crippen LogP contribution is 2.14. The Labute approximate surface area is 101 Å².